The van der Waals surface area contributed by atoms with E-state index in [0.717, 1.165) is 0 Å². The second kappa shape index (κ2) is 6.97. The molecule has 4 N–H and O–H groups in total. The molecule has 3 aromatic heterocycles. The predicted molar refractivity (Wildman–Crippen MR) is 119 cm³/mol. The van der Waals surface area contributed by atoms with Crippen LogP contribution in [0.25, 0.3) is 43.8 Å². The van der Waals surface area contributed by atoms with Gasteiger partial charge < -0.3 is 20.2 Å². The van der Waals surface area contributed by atoms with Crippen LogP contribution in [0.15, 0.2) is 47.5 Å². The highest BCUT2D eigenvalue weighted by atomic mass is 19.1. The Morgan fingerprint density at radius 1 is 1.18 bits per heavy atom. The van der Waals surface area contributed by atoms with Crippen molar-refractivity contribution in [2.24, 2.45) is 0 Å². The van der Waals surface area contributed by atoms with E-state index in [1.54, 1.807) is 30.5 Å². The second-order valence-corrected chi connectivity index (χ2v) is 8.13. The van der Waals surface area contributed by atoms with Gasteiger partial charge in [-0.05, 0) is 29.8 Å². The summed E-state index contributed by atoms with van der Waals surface area (Å²) >= 11 is 0. The molecule has 4 heterocycles. The third-order valence-electron chi connectivity index (χ3n) is 5.92. The lowest BCUT2D eigenvalue weighted by Gasteiger charge is -2.33. The molecule has 1 fully saturated rings. The molecule has 2 aromatic carbocycles. The lowest BCUT2D eigenvalue weighted by molar-refractivity contribution is -0.146. The van der Waals surface area contributed by atoms with E-state index >= 15 is 0 Å². The number of H-pyrrole nitrogens is 2. The van der Waals surface area contributed by atoms with Gasteiger partial charge in [0.05, 0.1) is 24.9 Å². The monoisotopic (exact) mass is 449 g/mol. The SMILES string of the molecule is Nc1c(-c2ccc(F)c3[nH]ncc23)c2cc(OCC3(F)COC3)c3ncccc3c2[nH]c1=O. The summed E-state index contributed by atoms with van der Waals surface area (Å²) in [5.41, 5.74) is 6.22. The predicted octanol–water partition coefficient (Wildman–Crippen LogP) is 3.46. The third kappa shape index (κ3) is 2.94. The minimum Gasteiger partial charge on any atom is -0.488 e. The van der Waals surface area contributed by atoms with Gasteiger partial charge in [0.15, 0.2) is 5.67 Å². The first-order valence-electron chi connectivity index (χ1n) is 10.2. The third-order valence-corrected chi connectivity index (χ3v) is 5.92. The molecule has 5 aromatic rings. The van der Waals surface area contributed by atoms with Crippen LogP contribution in [0.3, 0.4) is 0 Å². The molecule has 6 rings (SSSR count). The van der Waals surface area contributed by atoms with Crippen molar-refractivity contribution >= 4 is 38.4 Å². The number of nitrogens with zero attached hydrogens (tertiary/aromatic N) is 2. The molecule has 0 bridgehead atoms. The minimum atomic E-state index is -1.57. The van der Waals surface area contributed by atoms with Gasteiger partial charge >= 0.3 is 0 Å². The molecule has 1 aliphatic rings. The van der Waals surface area contributed by atoms with E-state index < -0.39 is 17.0 Å². The van der Waals surface area contributed by atoms with Crippen molar-refractivity contribution in [3.8, 4) is 16.9 Å². The van der Waals surface area contributed by atoms with Gasteiger partial charge in [0.2, 0.25) is 0 Å². The minimum absolute atomic E-state index is 0.0362. The zero-order valence-corrected chi connectivity index (χ0v) is 17.1. The number of halogens is 2. The maximum absolute atomic E-state index is 14.6. The highest BCUT2D eigenvalue weighted by Crippen LogP contribution is 2.40. The van der Waals surface area contributed by atoms with Crippen LogP contribution >= 0.6 is 0 Å². The van der Waals surface area contributed by atoms with Gasteiger partial charge in [-0.2, -0.15) is 5.10 Å². The molecule has 0 radical (unpaired) electrons. The van der Waals surface area contributed by atoms with Crippen LogP contribution in [0.1, 0.15) is 0 Å². The number of benzene rings is 2. The molecule has 0 atom stereocenters. The molecule has 33 heavy (non-hydrogen) atoms. The number of nitrogens with one attached hydrogen (secondary N) is 2. The Morgan fingerprint density at radius 2 is 2.03 bits per heavy atom. The van der Waals surface area contributed by atoms with Crippen LogP contribution in [0.5, 0.6) is 5.75 Å². The molecule has 1 aliphatic heterocycles. The van der Waals surface area contributed by atoms with E-state index in [1.165, 1.54) is 12.3 Å². The largest absolute Gasteiger partial charge is 0.488 e. The normalized spacial score (nSPS) is 15.2. The van der Waals surface area contributed by atoms with Crippen molar-refractivity contribution in [3.63, 3.8) is 0 Å². The van der Waals surface area contributed by atoms with Gasteiger partial charge in [0, 0.05) is 27.9 Å². The van der Waals surface area contributed by atoms with Crippen LogP contribution in [0, 0.1) is 5.82 Å². The van der Waals surface area contributed by atoms with Crippen LogP contribution in [-0.4, -0.2) is 45.7 Å². The van der Waals surface area contributed by atoms with Crippen molar-refractivity contribution < 1.29 is 18.3 Å². The maximum Gasteiger partial charge on any atom is 0.272 e. The molecule has 1 saturated heterocycles. The quantitative estimate of drug-likeness (QED) is 0.362. The summed E-state index contributed by atoms with van der Waals surface area (Å²) in [4.78, 5) is 20.0. The summed E-state index contributed by atoms with van der Waals surface area (Å²) in [6, 6.07) is 8.01. The van der Waals surface area contributed by atoms with Gasteiger partial charge in [-0.25, -0.2) is 8.78 Å². The zero-order chi connectivity index (χ0) is 22.7. The highest BCUT2D eigenvalue weighted by Gasteiger charge is 2.40. The number of aromatic amines is 2. The lowest BCUT2D eigenvalue weighted by Crippen LogP contribution is -2.50. The molecule has 0 amide bonds. The summed E-state index contributed by atoms with van der Waals surface area (Å²) in [7, 11) is 0. The summed E-state index contributed by atoms with van der Waals surface area (Å²) in [5.74, 6) is -0.145. The van der Waals surface area contributed by atoms with Gasteiger partial charge in [-0.3, -0.25) is 14.9 Å². The fourth-order valence-electron chi connectivity index (χ4n) is 4.23. The summed E-state index contributed by atoms with van der Waals surface area (Å²) < 4.78 is 39.7. The van der Waals surface area contributed by atoms with Gasteiger partial charge in [0.25, 0.3) is 5.56 Å². The smallest absolute Gasteiger partial charge is 0.272 e. The first kappa shape index (κ1) is 19.6. The van der Waals surface area contributed by atoms with Crippen LogP contribution < -0.4 is 16.0 Å². The molecular weight excluding hydrogens is 432 g/mol. The number of rotatable bonds is 4. The summed E-state index contributed by atoms with van der Waals surface area (Å²) in [5, 5.41) is 8.19. The van der Waals surface area contributed by atoms with E-state index in [-0.39, 0.29) is 31.0 Å². The molecule has 0 aliphatic carbocycles. The second-order valence-electron chi connectivity index (χ2n) is 8.13. The van der Waals surface area contributed by atoms with Gasteiger partial charge in [-0.1, -0.05) is 6.07 Å². The number of aromatic nitrogens is 4. The standard InChI is InChI=1S/C23H17F2N5O3/c24-15-4-3-11(14-7-28-30-20(14)15)17-13-6-16(33-10-23(25)8-32-9-23)21-12(2-1-5-27-21)19(13)29-22(31)18(17)26/h1-7H,8-10,26H2,(H,28,30)(H,29,31). The number of hydrogen-bond acceptors (Lipinski definition) is 6. The average Bonchev–Trinajstić information content (AvgIpc) is 3.30. The fraction of sp³-hybridized carbons (Fsp3) is 0.174. The topological polar surface area (TPSA) is 119 Å². The number of nitrogen functional groups attached to an aromatic ring is 1. The number of pyridine rings is 2. The van der Waals surface area contributed by atoms with Crippen LogP contribution in [0.4, 0.5) is 14.5 Å². The van der Waals surface area contributed by atoms with Crippen molar-refractivity contribution in [3.05, 3.63) is 58.9 Å². The molecular formula is C23H17F2N5O3. The van der Waals surface area contributed by atoms with E-state index in [9.17, 15) is 13.6 Å². The fourth-order valence-corrected chi connectivity index (χ4v) is 4.23. The lowest BCUT2D eigenvalue weighted by atomic mass is 9.95. The van der Waals surface area contributed by atoms with Crippen molar-refractivity contribution in [2.45, 2.75) is 5.67 Å². The van der Waals surface area contributed by atoms with Crippen molar-refractivity contribution in [2.75, 3.05) is 25.6 Å². The van der Waals surface area contributed by atoms with Crippen molar-refractivity contribution in [1.82, 2.24) is 20.2 Å². The average molecular weight is 449 g/mol. The Kier molecular flexibility index (Phi) is 4.15. The molecule has 166 valence electrons. The zero-order valence-electron chi connectivity index (χ0n) is 17.1. The Hall–Kier alpha value is -4.05. The summed E-state index contributed by atoms with van der Waals surface area (Å²) in [6.45, 7) is -0.280. The Morgan fingerprint density at radius 3 is 2.82 bits per heavy atom. The molecule has 0 unspecified atom stereocenters. The first-order chi connectivity index (χ1) is 16.0. The number of nitrogens with two attached hydrogens (primary N) is 1. The van der Waals surface area contributed by atoms with E-state index in [4.69, 9.17) is 15.2 Å². The van der Waals surface area contributed by atoms with E-state index in [2.05, 4.69) is 20.2 Å². The highest BCUT2D eigenvalue weighted by molar-refractivity contribution is 6.15. The number of ether oxygens (including phenoxy) is 2. The number of fused-ring (bicyclic) bond motifs is 4. The summed E-state index contributed by atoms with van der Waals surface area (Å²) in [6.07, 6.45) is 3.06. The molecule has 0 saturated carbocycles. The number of anilines is 1. The molecule has 8 nitrogen and oxygen atoms in total. The van der Waals surface area contributed by atoms with Gasteiger partial charge in [0.1, 0.15) is 34.9 Å². The first-order valence-corrected chi connectivity index (χ1v) is 10.2. The Labute approximate surface area is 184 Å². The van der Waals surface area contributed by atoms with Crippen molar-refractivity contribution in [1.29, 1.82) is 0 Å². The van der Waals surface area contributed by atoms with E-state index in [1.807, 2.05) is 0 Å². The maximum atomic E-state index is 14.6. The van der Waals surface area contributed by atoms with Crippen LogP contribution in [-0.2, 0) is 4.74 Å². The van der Waals surface area contributed by atoms with Crippen LogP contribution in [0.2, 0.25) is 0 Å². The Bertz CT molecular complexity index is 1620. The van der Waals surface area contributed by atoms with E-state index in [0.29, 0.717) is 44.1 Å². The molecule has 10 heteroatoms. The van der Waals surface area contributed by atoms with Gasteiger partial charge in [-0.15, -0.1) is 0 Å². The number of alkyl halides is 1. The molecule has 0 spiro atoms. The Balaban J connectivity index is 1.67. The number of hydrogen-bond donors (Lipinski definition) is 3.